The van der Waals surface area contributed by atoms with Crippen LogP contribution in [-0.4, -0.2) is 59.7 Å². The molecule has 6 amide bonds. The number of nitrogens with one attached hydrogen (secondary N) is 4. The molecule has 0 aliphatic carbocycles. The molecule has 1 aromatic rings. The highest BCUT2D eigenvalue weighted by atomic mass is 16.5. The molecule has 0 fully saturated rings. The van der Waals surface area contributed by atoms with Crippen molar-refractivity contribution in [2.24, 2.45) is 17.3 Å². The summed E-state index contributed by atoms with van der Waals surface area (Å²) in [5.41, 5.74) is 1.18. The number of hydrogen-bond donors (Lipinski definition) is 4. The maximum Gasteiger partial charge on any atom is 0.407 e. The molecular weight excluding hydrogens is 554 g/mol. The van der Waals surface area contributed by atoms with Crippen LogP contribution in [-0.2, 0) is 35.3 Å². The van der Waals surface area contributed by atoms with Crippen LogP contribution < -0.4 is 21.3 Å². The molecule has 1 aliphatic heterocycles. The molecule has 43 heavy (non-hydrogen) atoms. The van der Waals surface area contributed by atoms with E-state index in [0.717, 1.165) is 10.5 Å². The number of nitrogens with zero attached hydrogens (tertiary/aromatic N) is 1. The number of imide groups is 1. The molecule has 232 valence electrons. The molecule has 12 nitrogen and oxygen atoms in total. The highest BCUT2D eigenvalue weighted by molar-refractivity contribution is 6.13. The first-order chi connectivity index (χ1) is 20.2. The number of ether oxygens (including phenoxy) is 1. The van der Waals surface area contributed by atoms with Crippen LogP contribution in [0.3, 0.4) is 0 Å². The van der Waals surface area contributed by atoms with Gasteiger partial charge in [-0.2, -0.15) is 0 Å². The molecule has 2 unspecified atom stereocenters. The van der Waals surface area contributed by atoms with Gasteiger partial charge < -0.3 is 26.0 Å². The lowest BCUT2D eigenvalue weighted by Crippen LogP contribution is -2.51. The van der Waals surface area contributed by atoms with Gasteiger partial charge in [-0.05, 0) is 35.1 Å². The lowest BCUT2D eigenvalue weighted by Gasteiger charge is -2.22. The molecule has 0 bridgehead atoms. The van der Waals surface area contributed by atoms with Gasteiger partial charge in [-0.3, -0.25) is 28.9 Å². The highest BCUT2D eigenvalue weighted by Gasteiger charge is 2.26. The maximum absolute atomic E-state index is 12.8. The van der Waals surface area contributed by atoms with Crippen molar-refractivity contribution in [3.05, 3.63) is 66.4 Å². The van der Waals surface area contributed by atoms with Gasteiger partial charge in [-0.1, -0.05) is 65.8 Å². The second-order valence-electron chi connectivity index (χ2n) is 11.6. The molecule has 0 saturated carbocycles. The number of carbonyl (C=O) groups excluding carboxylic acids is 6. The van der Waals surface area contributed by atoms with Crippen molar-refractivity contribution in [2.45, 2.75) is 54.2 Å². The number of benzene rings is 1. The van der Waals surface area contributed by atoms with Crippen LogP contribution in [0.25, 0.3) is 0 Å². The lowest BCUT2D eigenvalue weighted by atomic mass is 9.97. The van der Waals surface area contributed by atoms with Gasteiger partial charge in [-0.15, -0.1) is 0 Å². The van der Waals surface area contributed by atoms with Gasteiger partial charge in [0.25, 0.3) is 11.8 Å². The predicted molar refractivity (Wildman–Crippen MR) is 161 cm³/mol. The van der Waals surface area contributed by atoms with Gasteiger partial charge in [0.05, 0.1) is 12.5 Å². The fraction of sp³-hybridized carbons (Fsp3) is 0.419. The Bertz CT molecular complexity index is 1260. The van der Waals surface area contributed by atoms with E-state index in [9.17, 15) is 28.8 Å². The fourth-order valence-corrected chi connectivity index (χ4v) is 3.54. The summed E-state index contributed by atoms with van der Waals surface area (Å²) >= 11 is 0. The Balaban J connectivity index is 1.79. The highest BCUT2D eigenvalue weighted by Crippen LogP contribution is 2.12. The van der Waals surface area contributed by atoms with Crippen molar-refractivity contribution >= 4 is 41.3 Å². The molecule has 0 saturated heterocycles. The molecule has 4 N–H and O–H groups in total. The van der Waals surface area contributed by atoms with E-state index >= 15 is 0 Å². The Morgan fingerprint density at radius 2 is 1.53 bits per heavy atom. The van der Waals surface area contributed by atoms with Gasteiger partial charge >= 0.3 is 6.09 Å². The summed E-state index contributed by atoms with van der Waals surface area (Å²) in [5.74, 6) is -3.14. The monoisotopic (exact) mass is 595 g/mol. The molecule has 0 aromatic heterocycles. The number of amides is 6. The van der Waals surface area contributed by atoms with Crippen molar-refractivity contribution < 1.29 is 33.5 Å². The third-order valence-electron chi connectivity index (χ3n) is 6.04. The van der Waals surface area contributed by atoms with Crippen LogP contribution in [0.15, 0.2) is 60.8 Å². The molecule has 1 aliphatic rings. The fourth-order valence-electron chi connectivity index (χ4n) is 3.54. The number of hydrogen-bond acceptors (Lipinski definition) is 7. The first-order valence-electron chi connectivity index (χ1n) is 13.9. The van der Waals surface area contributed by atoms with Crippen molar-refractivity contribution in [3.63, 3.8) is 0 Å². The number of alkyl carbamates (subject to hydrolysis) is 1. The van der Waals surface area contributed by atoms with Gasteiger partial charge in [0.15, 0.2) is 0 Å². The number of rotatable bonds is 13. The van der Waals surface area contributed by atoms with Crippen LogP contribution in [0.5, 0.6) is 0 Å². The maximum atomic E-state index is 12.8. The topological polar surface area (TPSA) is 163 Å². The van der Waals surface area contributed by atoms with Crippen LogP contribution in [0.4, 0.5) is 10.5 Å². The summed E-state index contributed by atoms with van der Waals surface area (Å²) in [7, 11) is 0. The van der Waals surface area contributed by atoms with E-state index in [2.05, 4.69) is 21.3 Å². The largest absolute Gasteiger partial charge is 0.445 e. The standard InChI is InChI=1S/C31H41N5O7/c1-20(2)27(35-28(40)21(3)9-7-8-16-36-25(38)14-15-26(36)39)29(41)32-17-24(37)34-23-12-10-22(11-13-23)18-43-30(42)33-19-31(4,5)6/h7-16,20-21,27H,17-19H2,1-6H3,(H,32,41)(H,33,42)(H,34,37)(H,35,40)/b9-7+,16-8+. The van der Waals surface area contributed by atoms with E-state index in [4.69, 9.17) is 4.74 Å². The molecule has 12 heteroatoms. The number of carbonyl (C=O) groups is 6. The van der Waals surface area contributed by atoms with E-state index in [1.807, 2.05) is 20.8 Å². The van der Waals surface area contributed by atoms with Gasteiger partial charge in [0.2, 0.25) is 17.7 Å². The van der Waals surface area contributed by atoms with E-state index < -0.39 is 47.6 Å². The first kappa shape index (κ1) is 34.5. The average Bonchev–Trinajstić information content (AvgIpc) is 3.26. The van der Waals surface area contributed by atoms with Crippen LogP contribution in [0.2, 0.25) is 0 Å². The summed E-state index contributed by atoms with van der Waals surface area (Å²) in [6, 6.07) is 5.86. The smallest absolute Gasteiger partial charge is 0.407 e. The van der Waals surface area contributed by atoms with Crippen LogP contribution in [0.1, 0.15) is 47.1 Å². The molecule has 0 radical (unpaired) electrons. The summed E-state index contributed by atoms with van der Waals surface area (Å²) < 4.78 is 5.20. The molecule has 1 aromatic carbocycles. The van der Waals surface area contributed by atoms with Crippen molar-refractivity contribution in [1.29, 1.82) is 0 Å². The van der Waals surface area contributed by atoms with Crippen LogP contribution in [0, 0.1) is 17.3 Å². The normalized spacial score (nSPS) is 14.7. The Kier molecular flexibility index (Phi) is 12.9. The van der Waals surface area contributed by atoms with Gasteiger partial charge in [-0.25, -0.2) is 4.79 Å². The second-order valence-corrected chi connectivity index (χ2v) is 11.6. The Morgan fingerprint density at radius 1 is 0.907 bits per heavy atom. The Hall–Kier alpha value is -4.74. The lowest BCUT2D eigenvalue weighted by molar-refractivity contribution is -0.133. The molecule has 1 heterocycles. The summed E-state index contributed by atoms with van der Waals surface area (Å²) in [6.45, 7) is 11.4. The zero-order valence-electron chi connectivity index (χ0n) is 25.4. The zero-order valence-corrected chi connectivity index (χ0v) is 25.4. The molecular formula is C31H41N5O7. The minimum atomic E-state index is -0.877. The summed E-state index contributed by atoms with van der Waals surface area (Å²) in [5, 5.41) is 10.6. The number of allylic oxidation sites excluding steroid dienone is 2. The molecule has 0 spiro atoms. The third-order valence-corrected chi connectivity index (χ3v) is 6.04. The van der Waals surface area contributed by atoms with Gasteiger partial charge in [0, 0.05) is 30.6 Å². The SMILES string of the molecule is CC(/C=C/C=C/N1C(=O)C=CC1=O)C(=O)NC(C(=O)NCC(=O)Nc1ccc(COC(=O)NCC(C)(C)C)cc1)C(C)C. The zero-order chi connectivity index (χ0) is 32.2. The van der Waals surface area contributed by atoms with E-state index in [-0.39, 0.29) is 24.5 Å². The van der Waals surface area contributed by atoms with Crippen molar-refractivity contribution in [1.82, 2.24) is 20.9 Å². The van der Waals surface area contributed by atoms with E-state index in [0.29, 0.717) is 12.2 Å². The first-order valence-corrected chi connectivity index (χ1v) is 13.9. The predicted octanol–water partition coefficient (Wildman–Crippen LogP) is 2.79. The van der Waals surface area contributed by atoms with Crippen molar-refractivity contribution in [3.8, 4) is 0 Å². The Morgan fingerprint density at radius 3 is 2.12 bits per heavy atom. The molecule has 2 rings (SSSR count). The summed E-state index contributed by atoms with van der Waals surface area (Å²) in [6.07, 6.45) is 7.69. The Labute approximate surface area is 252 Å². The van der Waals surface area contributed by atoms with Crippen LogP contribution >= 0.6 is 0 Å². The average molecular weight is 596 g/mol. The minimum absolute atomic E-state index is 0.0582. The minimum Gasteiger partial charge on any atom is -0.445 e. The molecule has 2 atom stereocenters. The summed E-state index contributed by atoms with van der Waals surface area (Å²) in [4.78, 5) is 73.7. The van der Waals surface area contributed by atoms with E-state index in [1.54, 1.807) is 51.1 Å². The van der Waals surface area contributed by atoms with Crippen molar-refractivity contribution in [2.75, 3.05) is 18.4 Å². The number of anilines is 1. The van der Waals surface area contributed by atoms with Gasteiger partial charge in [0.1, 0.15) is 12.6 Å². The quantitative estimate of drug-likeness (QED) is 0.201. The third kappa shape index (κ3) is 12.3. The van der Waals surface area contributed by atoms with E-state index in [1.165, 1.54) is 30.5 Å². The second kappa shape index (κ2) is 16.0.